The minimum Gasteiger partial charge on any atom is -0.396 e. The van der Waals surface area contributed by atoms with Gasteiger partial charge in [0.2, 0.25) is 0 Å². The smallest absolute Gasteiger partial charge is 0.181 e. The third-order valence-electron chi connectivity index (χ3n) is 2.72. The van der Waals surface area contributed by atoms with Gasteiger partial charge in [-0.3, -0.25) is 0 Å². The van der Waals surface area contributed by atoms with Gasteiger partial charge in [-0.1, -0.05) is 0 Å². The van der Waals surface area contributed by atoms with E-state index in [1.54, 1.807) is 0 Å². The summed E-state index contributed by atoms with van der Waals surface area (Å²) in [5.41, 5.74) is 5.73. The second-order valence-electron chi connectivity index (χ2n) is 4.05. The topological polar surface area (TPSA) is 50.1 Å². The molecule has 2 rings (SSSR count). The van der Waals surface area contributed by atoms with Crippen molar-refractivity contribution in [2.75, 3.05) is 24.1 Å². The summed E-state index contributed by atoms with van der Waals surface area (Å²) < 4.78 is 26.0. The molecule has 1 saturated heterocycles. The summed E-state index contributed by atoms with van der Waals surface area (Å²) in [7, 11) is 0. The van der Waals surface area contributed by atoms with Gasteiger partial charge in [0.1, 0.15) is 0 Å². The predicted molar refractivity (Wildman–Crippen MR) is 60.3 cm³/mol. The van der Waals surface area contributed by atoms with Crippen molar-refractivity contribution in [3.05, 3.63) is 23.8 Å². The lowest BCUT2D eigenvalue weighted by Crippen LogP contribution is -2.38. The van der Waals surface area contributed by atoms with E-state index in [1.165, 1.54) is 6.07 Å². The van der Waals surface area contributed by atoms with E-state index in [0.29, 0.717) is 5.69 Å². The van der Waals surface area contributed by atoms with Gasteiger partial charge in [-0.2, -0.15) is 0 Å². The molecule has 1 fully saturated rings. The normalized spacial score (nSPS) is 20.8. The number of hydrogen-bond acceptors (Lipinski definition) is 3. The van der Waals surface area contributed by atoms with Crippen molar-refractivity contribution in [1.29, 1.82) is 0 Å². The molecule has 1 aromatic rings. The van der Waals surface area contributed by atoms with Gasteiger partial charge < -0.3 is 16.4 Å². The Morgan fingerprint density at radius 2 is 2.19 bits per heavy atom. The fraction of sp³-hybridized carbons (Fsp3) is 0.455. The van der Waals surface area contributed by atoms with Crippen molar-refractivity contribution in [3.63, 3.8) is 0 Å². The number of benzene rings is 1. The maximum atomic E-state index is 13.1. The molecule has 16 heavy (non-hydrogen) atoms. The number of anilines is 2. The standard InChI is InChI=1S/C11H15F2N3/c12-9-4-8(5-10(14)11(9)13)16-7-2-1-3-15-6-7/h4-5,7,15-16H,1-3,6,14H2. The van der Waals surface area contributed by atoms with Crippen LogP contribution in [0.1, 0.15) is 12.8 Å². The summed E-state index contributed by atoms with van der Waals surface area (Å²) in [6, 6.07) is 2.81. The van der Waals surface area contributed by atoms with E-state index in [0.717, 1.165) is 32.0 Å². The Balaban J connectivity index is 2.09. The fourth-order valence-electron chi connectivity index (χ4n) is 1.90. The zero-order valence-electron chi connectivity index (χ0n) is 8.89. The summed E-state index contributed by atoms with van der Waals surface area (Å²) in [6.07, 6.45) is 2.10. The Labute approximate surface area is 93.0 Å². The molecule has 4 N–H and O–H groups in total. The number of piperidine rings is 1. The Morgan fingerprint density at radius 1 is 1.38 bits per heavy atom. The predicted octanol–water partition coefficient (Wildman–Crippen LogP) is 1.71. The van der Waals surface area contributed by atoms with Gasteiger partial charge in [0.15, 0.2) is 11.6 Å². The van der Waals surface area contributed by atoms with Crippen LogP contribution in [0.3, 0.4) is 0 Å². The van der Waals surface area contributed by atoms with Crippen LogP contribution in [-0.4, -0.2) is 19.1 Å². The molecule has 0 bridgehead atoms. The van der Waals surface area contributed by atoms with Crippen LogP contribution in [0.4, 0.5) is 20.2 Å². The van der Waals surface area contributed by atoms with E-state index in [2.05, 4.69) is 10.6 Å². The SMILES string of the molecule is Nc1cc(NC2CCCNC2)cc(F)c1F. The Hall–Kier alpha value is -1.36. The zero-order chi connectivity index (χ0) is 11.5. The van der Waals surface area contributed by atoms with Crippen LogP contribution >= 0.6 is 0 Å². The molecule has 1 aliphatic rings. The molecule has 1 atom stereocenters. The van der Waals surface area contributed by atoms with Gasteiger partial charge in [-0.25, -0.2) is 8.78 Å². The summed E-state index contributed by atoms with van der Waals surface area (Å²) in [5.74, 6) is -1.89. The van der Waals surface area contributed by atoms with Crippen LogP contribution in [0, 0.1) is 11.6 Å². The highest BCUT2D eigenvalue weighted by atomic mass is 19.2. The van der Waals surface area contributed by atoms with Gasteiger partial charge in [0.05, 0.1) is 5.69 Å². The van der Waals surface area contributed by atoms with Crippen LogP contribution in [0.2, 0.25) is 0 Å². The van der Waals surface area contributed by atoms with Crippen LogP contribution in [-0.2, 0) is 0 Å². The third-order valence-corrected chi connectivity index (χ3v) is 2.72. The molecule has 0 aliphatic carbocycles. The van der Waals surface area contributed by atoms with E-state index in [1.807, 2.05) is 0 Å². The number of nitrogens with one attached hydrogen (secondary N) is 2. The summed E-state index contributed by atoms with van der Waals surface area (Å²) in [4.78, 5) is 0. The number of nitrogens with two attached hydrogens (primary N) is 1. The first-order chi connectivity index (χ1) is 7.66. The molecule has 1 heterocycles. The lowest BCUT2D eigenvalue weighted by molar-refractivity contribution is 0.478. The molecule has 3 nitrogen and oxygen atoms in total. The average molecular weight is 227 g/mol. The molecule has 1 aliphatic heterocycles. The van der Waals surface area contributed by atoms with Crippen molar-refractivity contribution < 1.29 is 8.78 Å². The van der Waals surface area contributed by atoms with E-state index >= 15 is 0 Å². The van der Waals surface area contributed by atoms with Gasteiger partial charge in [0, 0.05) is 24.3 Å². The van der Waals surface area contributed by atoms with Gasteiger partial charge in [0.25, 0.3) is 0 Å². The lowest BCUT2D eigenvalue weighted by Gasteiger charge is -2.25. The summed E-state index contributed by atoms with van der Waals surface area (Å²) in [6.45, 7) is 1.84. The Morgan fingerprint density at radius 3 is 2.81 bits per heavy atom. The molecular formula is C11H15F2N3. The number of rotatable bonds is 2. The molecule has 88 valence electrons. The van der Waals surface area contributed by atoms with Crippen LogP contribution in [0.15, 0.2) is 12.1 Å². The number of nitrogen functional groups attached to an aromatic ring is 1. The van der Waals surface area contributed by atoms with Crippen LogP contribution in [0.25, 0.3) is 0 Å². The average Bonchev–Trinajstić information content (AvgIpc) is 2.27. The highest BCUT2D eigenvalue weighted by molar-refractivity contribution is 5.56. The van der Waals surface area contributed by atoms with E-state index in [9.17, 15) is 8.78 Å². The van der Waals surface area contributed by atoms with E-state index in [-0.39, 0.29) is 11.7 Å². The van der Waals surface area contributed by atoms with E-state index < -0.39 is 11.6 Å². The lowest BCUT2D eigenvalue weighted by atomic mass is 10.1. The number of hydrogen-bond donors (Lipinski definition) is 3. The zero-order valence-corrected chi connectivity index (χ0v) is 8.89. The fourth-order valence-corrected chi connectivity index (χ4v) is 1.90. The maximum absolute atomic E-state index is 13.1. The minimum absolute atomic E-state index is 0.161. The van der Waals surface area contributed by atoms with Crippen molar-refractivity contribution in [3.8, 4) is 0 Å². The minimum atomic E-state index is -0.979. The molecule has 0 aromatic heterocycles. The Bertz CT molecular complexity index is 352. The second kappa shape index (κ2) is 4.65. The Kier molecular flexibility index (Phi) is 3.24. The monoisotopic (exact) mass is 227 g/mol. The molecule has 5 heteroatoms. The number of halogens is 2. The first-order valence-corrected chi connectivity index (χ1v) is 5.38. The van der Waals surface area contributed by atoms with Crippen molar-refractivity contribution in [2.45, 2.75) is 18.9 Å². The van der Waals surface area contributed by atoms with Gasteiger partial charge in [-0.15, -0.1) is 0 Å². The summed E-state index contributed by atoms with van der Waals surface area (Å²) >= 11 is 0. The molecule has 0 spiro atoms. The molecule has 0 radical (unpaired) electrons. The molecule has 0 saturated carbocycles. The van der Waals surface area contributed by atoms with Crippen molar-refractivity contribution in [1.82, 2.24) is 5.32 Å². The first kappa shape index (κ1) is 11.1. The maximum Gasteiger partial charge on any atom is 0.181 e. The van der Waals surface area contributed by atoms with Crippen LogP contribution < -0.4 is 16.4 Å². The van der Waals surface area contributed by atoms with Gasteiger partial charge in [-0.05, 0) is 25.5 Å². The molecular weight excluding hydrogens is 212 g/mol. The van der Waals surface area contributed by atoms with Gasteiger partial charge >= 0.3 is 0 Å². The quantitative estimate of drug-likeness (QED) is 0.674. The summed E-state index contributed by atoms with van der Waals surface area (Å²) in [5, 5.41) is 6.37. The van der Waals surface area contributed by atoms with Crippen LogP contribution in [0.5, 0.6) is 0 Å². The van der Waals surface area contributed by atoms with E-state index in [4.69, 9.17) is 5.73 Å². The highest BCUT2D eigenvalue weighted by Gasteiger charge is 2.14. The molecule has 1 aromatic carbocycles. The first-order valence-electron chi connectivity index (χ1n) is 5.38. The van der Waals surface area contributed by atoms with Crippen molar-refractivity contribution in [2.24, 2.45) is 0 Å². The highest BCUT2D eigenvalue weighted by Crippen LogP contribution is 2.21. The molecule has 0 amide bonds. The largest absolute Gasteiger partial charge is 0.396 e. The van der Waals surface area contributed by atoms with Crippen molar-refractivity contribution >= 4 is 11.4 Å². The third kappa shape index (κ3) is 2.41. The second-order valence-corrected chi connectivity index (χ2v) is 4.05. The molecule has 1 unspecified atom stereocenters.